The minimum atomic E-state index is -0.800. The molecule has 0 saturated carbocycles. The molecule has 1 N–H and O–H groups in total. The topological polar surface area (TPSA) is 85.0 Å². The third kappa shape index (κ3) is 6.48. The number of benzene rings is 1. The Kier molecular flexibility index (Phi) is 8.36. The van der Waals surface area contributed by atoms with Gasteiger partial charge in [-0.25, -0.2) is 4.98 Å². The van der Waals surface area contributed by atoms with Gasteiger partial charge in [0.05, 0.1) is 44.0 Å². The standard InChI is InChI=1S/C23H28N2O5S/c1-16(2)29-13-12-28-15-18(26)14-25(3)23(27)21-20(17-8-5-4-6-9-17)24-22(31-21)19-10-7-11-30-19/h4-11,16,18,26H,12-15H2,1-3H3/t18-/m0/s1. The van der Waals surface area contributed by atoms with E-state index in [0.717, 1.165) is 5.56 Å². The van der Waals surface area contributed by atoms with Crippen molar-refractivity contribution in [2.75, 3.05) is 33.4 Å². The maximum atomic E-state index is 13.2. The molecule has 0 bridgehead atoms. The normalized spacial score (nSPS) is 12.3. The molecule has 166 valence electrons. The maximum Gasteiger partial charge on any atom is 0.266 e. The van der Waals surface area contributed by atoms with E-state index in [4.69, 9.17) is 13.9 Å². The predicted molar refractivity (Wildman–Crippen MR) is 120 cm³/mol. The lowest BCUT2D eigenvalue weighted by Crippen LogP contribution is -2.36. The number of thiazole rings is 1. The van der Waals surface area contributed by atoms with Crippen molar-refractivity contribution in [2.45, 2.75) is 26.1 Å². The van der Waals surface area contributed by atoms with Crippen LogP contribution in [0, 0.1) is 0 Å². The van der Waals surface area contributed by atoms with Gasteiger partial charge in [0, 0.05) is 19.2 Å². The van der Waals surface area contributed by atoms with Gasteiger partial charge in [0.1, 0.15) is 4.88 Å². The largest absolute Gasteiger partial charge is 0.462 e. The summed E-state index contributed by atoms with van der Waals surface area (Å²) in [6.45, 7) is 5.05. The summed E-state index contributed by atoms with van der Waals surface area (Å²) in [6.07, 6.45) is 0.918. The highest BCUT2D eigenvalue weighted by Gasteiger charge is 2.25. The molecule has 1 atom stereocenters. The lowest BCUT2D eigenvalue weighted by molar-refractivity contribution is -0.0159. The number of hydrogen-bond donors (Lipinski definition) is 1. The Morgan fingerprint density at radius 2 is 1.97 bits per heavy atom. The molecule has 3 rings (SSSR count). The first-order chi connectivity index (χ1) is 15.0. The number of aliphatic hydroxyl groups is 1. The summed E-state index contributed by atoms with van der Waals surface area (Å²) in [4.78, 5) is 19.9. The molecule has 1 amide bonds. The van der Waals surface area contributed by atoms with E-state index >= 15 is 0 Å². The highest BCUT2D eigenvalue weighted by atomic mass is 32.1. The quantitative estimate of drug-likeness (QED) is 0.451. The van der Waals surface area contributed by atoms with Crippen LogP contribution in [0.15, 0.2) is 53.1 Å². The van der Waals surface area contributed by atoms with Gasteiger partial charge in [-0.3, -0.25) is 4.79 Å². The lowest BCUT2D eigenvalue weighted by Gasteiger charge is -2.21. The van der Waals surface area contributed by atoms with Gasteiger partial charge in [0.25, 0.3) is 5.91 Å². The van der Waals surface area contributed by atoms with E-state index in [0.29, 0.717) is 34.6 Å². The fourth-order valence-electron chi connectivity index (χ4n) is 2.95. The van der Waals surface area contributed by atoms with Crippen LogP contribution in [0.3, 0.4) is 0 Å². The Balaban J connectivity index is 1.68. The van der Waals surface area contributed by atoms with E-state index < -0.39 is 6.10 Å². The number of ether oxygens (including phenoxy) is 2. The van der Waals surface area contributed by atoms with Gasteiger partial charge in [0.2, 0.25) is 0 Å². The number of hydrogen-bond acceptors (Lipinski definition) is 7. The summed E-state index contributed by atoms with van der Waals surface area (Å²) >= 11 is 1.28. The van der Waals surface area contributed by atoms with Crippen molar-refractivity contribution >= 4 is 17.2 Å². The van der Waals surface area contributed by atoms with Gasteiger partial charge in [-0.2, -0.15) is 0 Å². The van der Waals surface area contributed by atoms with Gasteiger partial charge in [-0.1, -0.05) is 30.3 Å². The molecule has 2 heterocycles. The van der Waals surface area contributed by atoms with Crippen molar-refractivity contribution < 1.29 is 23.8 Å². The molecule has 31 heavy (non-hydrogen) atoms. The Bertz CT molecular complexity index is 940. The molecule has 7 nitrogen and oxygen atoms in total. The number of furan rings is 1. The molecule has 0 aliphatic rings. The first kappa shape index (κ1) is 23.1. The van der Waals surface area contributed by atoms with Crippen molar-refractivity contribution in [3.8, 4) is 22.0 Å². The minimum Gasteiger partial charge on any atom is -0.462 e. The average Bonchev–Trinajstić information content (AvgIpc) is 3.43. The van der Waals surface area contributed by atoms with E-state index in [1.165, 1.54) is 16.2 Å². The average molecular weight is 445 g/mol. The molecule has 1 aromatic carbocycles. The number of carbonyl (C=O) groups excluding carboxylic acids is 1. The highest BCUT2D eigenvalue weighted by molar-refractivity contribution is 7.17. The SMILES string of the molecule is CC(C)OCCOC[C@@H](O)CN(C)C(=O)c1sc(-c2ccco2)nc1-c1ccccc1. The number of carbonyl (C=O) groups is 1. The van der Waals surface area contributed by atoms with Crippen molar-refractivity contribution in [1.82, 2.24) is 9.88 Å². The van der Waals surface area contributed by atoms with Crippen molar-refractivity contribution in [1.29, 1.82) is 0 Å². The summed E-state index contributed by atoms with van der Waals surface area (Å²) in [5, 5.41) is 10.9. The summed E-state index contributed by atoms with van der Waals surface area (Å²) in [7, 11) is 1.66. The number of amides is 1. The monoisotopic (exact) mass is 444 g/mol. The molecule has 0 fully saturated rings. The maximum absolute atomic E-state index is 13.2. The molecule has 2 aromatic heterocycles. The van der Waals surface area contributed by atoms with E-state index in [1.54, 1.807) is 19.4 Å². The molecule has 8 heteroatoms. The second-order valence-corrected chi connectivity index (χ2v) is 8.37. The second kappa shape index (κ2) is 11.2. The fourth-order valence-corrected chi connectivity index (χ4v) is 4.00. The van der Waals surface area contributed by atoms with Gasteiger partial charge in [0.15, 0.2) is 10.8 Å². The molecule has 0 saturated heterocycles. The Labute approximate surface area is 186 Å². The summed E-state index contributed by atoms with van der Waals surface area (Å²) in [5.41, 5.74) is 1.45. The van der Waals surface area contributed by atoms with Gasteiger partial charge < -0.3 is 23.9 Å². The van der Waals surface area contributed by atoms with Gasteiger partial charge in [-0.05, 0) is 26.0 Å². The van der Waals surface area contributed by atoms with Crippen LogP contribution in [0.2, 0.25) is 0 Å². The van der Waals surface area contributed by atoms with E-state index in [-0.39, 0.29) is 25.2 Å². The fraction of sp³-hybridized carbons (Fsp3) is 0.391. The predicted octanol–water partition coefficient (Wildman–Crippen LogP) is 3.94. The summed E-state index contributed by atoms with van der Waals surface area (Å²) < 4.78 is 16.3. The molecule has 3 aromatic rings. The zero-order valence-corrected chi connectivity index (χ0v) is 18.8. The molecule has 0 spiro atoms. The molecule has 0 unspecified atom stereocenters. The second-order valence-electron chi connectivity index (χ2n) is 7.37. The minimum absolute atomic E-state index is 0.130. The summed E-state index contributed by atoms with van der Waals surface area (Å²) in [6, 6.07) is 13.2. The van der Waals surface area contributed by atoms with Crippen LogP contribution >= 0.6 is 11.3 Å². The molecule has 0 radical (unpaired) electrons. The first-order valence-electron chi connectivity index (χ1n) is 10.2. The zero-order valence-electron chi connectivity index (χ0n) is 18.0. The zero-order chi connectivity index (χ0) is 22.2. The molecular formula is C23H28N2O5S. The number of likely N-dealkylation sites (N-methyl/N-ethyl adjacent to an activating group) is 1. The van der Waals surface area contributed by atoms with Crippen molar-refractivity contribution in [3.05, 3.63) is 53.6 Å². The van der Waals surface area contributed by atoms with Gasteiger partial charge >= 0.3 is 0 Å². The Morgan fingerprint density at radius 1 is 1.19 bits per heavy atom. The molecule has 0 aliphatic heterocycles. The summed E-state index contributed by atoms with van der Waals surface area (Å²) in [5.74, 6) is 0.400. The van der Waals surface area contributed by atoms with E-state index in [2.05, 4.69) is 4.98 Å². The first-order valence-corrected chi connectivity index (χ1v) is 11.0. The van der Waals surface area contributed by atoms with Gasteiger partial charge in [-0.15, -0.1) is 11.3 Å². The Hall–Kier alpha value is -2.52. The van der Waals surface area contributed by atoms with Crippen LogP contribution in [0.25, 0.3) is 22.0 Å². The Morgan fingerprint density at radius 3 is 2.65 bits per heavy atom. The van der Waals surface area contributed by atoms with E-state index in [9.17, 15) is 9.90 Å². The molecule has 0 aliphatic carbocycles. The number of rotatable bonds is 11. The van der Waals surface area contributed by atoms with Crippen LogP contribution in [-0.2, 0) is 9.47 Å². The number of aliphatic hydroxyl groups excluding tert-OH is 1. The smallest absolute Gasteiger partial charge is 0.266 e. The van der Waals surface area contributed by atoms with Crippen LogP contribution < -0.4 is 0 Å². The van der Waals surface area contributed by atoms with Crippen LogP contribution in [0.5, 0.6) is 0 Å². The third-order valence-corrected chi connectivity index (χ3v) is 5.48. The number of aromatic nitrogens is 1. The van der Waals surface area contributed by atoms with Crippen LogP contribution in [0.1, 0.15) is 23.5 Å². The van der Waals surface area contributed by atoms with Crippen molar-refractivity contribution in [3.63, 3.8) is 0 Å². The third-order valence-electron chi connectivity index (χ3n) is 4.42. The van der Waals surface area contributed by atoms with Crippen LogP contribution in [0.4, 0.5) is 0 Å². The van der Waals surface area contributed by atoms with E-state index in [1.807, 2.05) is 50.2 Å². The lowest BCUT2D eigenvalue weighted by atomic mass is 10.1. The van der Waals surface area contributed by atoms with Crippen LogP contribution in [-0.4, -0.2) is 66.5 Å². The van der Waals surface area contributed by atoms with Crippen molar-refractivity contribution in [2.24, 2.45) is 0 Å². The number of nitrogens with zero attached hydrogens (tertiary/aromatic N) is 2. The molecular weight excluding hydrogens is 416 g/mol. The highest BCUT2D eigenvalue weighted by Crippen LogP contribution is 2.34.